The summed E-state index contributed by atoms with van der Waals surface area (Å²) in [4.78, 5) is 55.5. The van der Waals surface area contributed by atoms with Gasteiger partial charge in [0.1, 0.15) is 12.4 Å². The Morgan fingerprint density at radius 1 is 0.782 bits per heavy atom. The number of allylic oxidation sites excluding steroid dienone is 10. The number of aliphatic hydroxyl groups is 2. The first kappa shape index (κ1) is 50.1. The van der Waals surface area contributed by atoms with E-state index >= 15 is 0 Å². The monoisotopic (exact) mass is 792 g/mol. The first-order valence-corrected chi connectivity index (χ1v) is 21.9. The van der Waals surface area contributed by atoms with Crippen LogP contribution in [0.25, 0.3) is 0 Å². The molecule has 312 valence electrons. The Morgan fingerprint density at radius 2 is 1.40 bits per heavy atom. The number of phosphoric acid groups is 1. The quantitative estimate of drug-likeness (QED) is 0.0221. The molecule has 1 saturated carbocycles. The fourth-order valence-electron chi connectivity index (χ4n) is 5.99. The lowest BCUT2D eigenvalue weighted by atomic mass is 9.90. The number of carbonyl (C=O) groups excluding carboxylic acids is 3. The molecule has 0 heterocycles. The SMILES string of the molecule is CC/C=C\C/C=C\C/C=C\C/C=C\CCCCCCC(=O)O[C@H](COC(=O)CCC/C=C\C[C@H]1C(=O)C[C@@H](O)[C@@H]1/C=C/[C@@H](O)CCCCC)COP(=O)(O)O. The van der Waals surface area contributed by atoms with Gasteiger partial charge in [0.15, 0.2) is 6.10 Å². The Hall–Kier alpha value is -2.92. The van der Waals surface area contributed by atoms with E-state index in [0.717, 1.165) is 70.6 Å². The van der Waals surface area contributed by atoms with Crippen molar-refractivity contribution in [3.63, 3.8) is 0 Å². The maximum absolute atomic E-state index is 12.5. The van der Waals surface area contributed by atoms with Crippen LogP contribution in [0.5, 0.6) is 0 Å². The molecule has 11 nitrogen and oxygen atoms in total. The average Bonchev–Trinajstić information content (AvgIpc) is 3.41. The van der Waals surface area contributed by atoms with Crippen molar-refractivity contribution < 1.29 is 52.9 Å². The minimum atomic E-state index is -4.83. The third-order valence-electron chi connectivity index (χ3n) is 9.08. The van der Waals surface area contributed by atoms with Crippen LogP contribution in [0.4, 0.5) is 0 Å². The second kappa shape index (κ2) is 32.2. The zero-order chi connectivity index (χ0) is 40.6. The lowest BCUT2D eigenvalue weighted by Crippen LogP contribution is -2.29. The molecule has 4 N–H and O–H groups in total. The van der Waals surface area contributed by atoms with E-state index in [4.69, 9.17) is 19.3 Å². The van der Waals surface area contributed by atoms with Crippen molar-refractivity contribution in [2.45, 2.75) is 154 Å². The van der Waals surface area contributed by atoms with Gasteiger partial charge in [0, 0.05) is 31.1 Å². The van der Waals surface area contributed by atoms with Crippen LogP contribution in [0.2, 0.25) is 0 Å². The van der Waals surface area contributed by atoms with Crippen molar-refractivity contribution in [2.75, 3.05) is 13.2 Å². The van der Waals surface area contributed by atoms with Gasteiger partial charge in [-0.3, -0.25) is 18.9 Å². The van der Waals surface area contributed by atoms with Gasteiger partial charge in [0.05, 0.1) is 18.8 Å². The molecule has 0 aromatic rings. The molecule has 0 unspecified atom stereocenters. The molecule has 0 aromatic heterocycles. The minimum absolute atomic E-state index is 0.0117. The largest absolute Gasteiger partial charge is 0.469 e. The molecule has 0 aromatic carbocycles. The van der Waals surface area contributed by atoms with Crippen molar-refractivity contribution in [2.24, 2.45) is 11.8 Å². The summed E-state index contributed by atoms with van der Waals surface area (Å²) >= 11 is 0. The maximum Gasteiger partial charge on any atom is 0.469 e. The molecule has 1 rings (SSSR count). The predicted octanol–water partition coefficient (Wildman–Crippen LogP) is 8.88. The van der Waals surface area contributed by atoms with Crippen molar-refractivity contribution in [3.8, 4) is 0 Å². The van der Waals surface area contributed by atoms with Crippen molar-refractivity contribution in [1.29, 1.82) is 0 Å². The summed E-state index contributed by atoms with van der Waals surface area (Å²) in [6, 6.07) is 0. The summed E-state index contributed by atoms with van der Waals surface area (Å²) in [6.45, 7) is 3.20. The molecule has 0 radical (unpaired) electrons. The highest BCUT2D eigenvalue weighted by molar-refractivity contribution is 7.46. The van der Waals surface area contributed by atoms with E-state index < -0.39 is 51.3 Å². The van der Waals surface area contributed by atoms with Crippen molar-refractivity contribution >= 4 is 25.5 Å². The maximum atomic E-state index is 12.5. The van der Waals surface area contributed by atoms with Crippen LogP contribution in [-0.4, -0.2) is 69.2 Å². The second-order valence-electron chi connectivity index (χ2n) is 14.0. The molecule has 0 spiro atoms. The van der Waals surface area contributed by atoms with E-state index in [-0.39, 0.29) is 36.9 Å². The number of hydrogen-bond acceptors (Lipinski definition) is 9. The van der Waals surface area contributed by atoms with Crippen LogP contribution in [0.1, 0.15) is 136 Å². The highest BCUT2D eigenvalue weighted by Crippen LogP contribution is 2.36. The zero-order valence-corrected chi connectivity index (χ0v) is 34.2. The third kappa shape index (κ3) is 28.2. The first-order valence-electron chi connectivity index (χ1n) is 20.3. The van der Waals surface area contributed by atoms with E-state index in [2.05, 4.69) is 67.0 Å². The number of hydrogen-bond donors (Lipinski definition) is 4. The minimum Gasteiger partial charge on any atom is -0.462 e. The number of esters is 2. The van der Waals surface area contributed by atoms with Gasteiger partial charge < -0.3 is 29.5 Å². The van der Waals surface area contributed by atoms with Gasteiger partial charge in [-0.1, -0.05) is 119 Å². The fourth-order valence-corrected chi connectivity index (χ4v) is 6.35. The molecule has 0 bridgehead atoms. The Morgan fingerprint density at radius 3 is 2.07 bits per heavy atom. The highest BCUT2D eigenvalue weighted by Gasteiger charge is 2.39. The van der Waals surface area contributed by atoms with Crippen LogP contribution < -0.4 is 0 Å². The number of rotatable bonds is 32. The molecule has 0 amide bonds. The zero-order valence-electron chi connectivity index (χ0n) is 33.3. The topological polar surface area (TPSA) is 177 Å². The summed E-state index contributed by atoms with van der Waals surface area (Å²) in [5.41, 5.74) is 0. The Labute approximate surface area is 329 Å². The molecular formula is C43H69O11P. The lowest BCUT2D eigenvalue weighted by molar-refractivity contribution is -0.161. The van der Waals surface area contributed by atoms with Gasteiger partial charge in [-0.25, -0.2) is 4.57 Å². The number of Topliss-reactive ketones (excluding diaryl/α,β-unsaturated/α-hetero) is 1. The third-order valence-corrected chi connectivity index (χ3v) is 9.56. The summed E-state index contributed by atoms with van der Waals surface area (Å²) in [6.07, 6.45) is 35.6. The van der Waals surface area contributed by atoms with Crippen LogP contribution in [0, 0.1) is 11.8 Å². The molecule has 5 atom stereocenters. The number of ether oxygens (including phenoxy) is 2. The summed E-state index contributed by atoms with van der Waals surface area (Å²) in [5, 5.41) is 20.6. The van der Waals surface area contributed by atoms with Crippen LogP contribution in [0.15, 0.2) is 72.9 Å². The van der Waals surface area contributed by atoms with Gasteiger partial charge in [0.25, 0.3) is 0 Å². The summed E-state index contributed by atoms with van der Waals surface area (Å²) in [5.74, 6) is -1.85. The molecule has 1 aliphatic carbocycles. The standard InChI is InChI=1S/C43H69O11P/c1-3-5-7-8-9-10-11-12-13-14-15-16-17-18-19-20-26-30-43(48)54-37(35-53-55(49,50)51)34-52-42(47)29-25-22-21-24-28-38-39(41(46)33-40(38)45)32-31-36(44)27-23-6-4-2/h5,7,9-10,12-13,15-16,21,24,31-32,36-39,41,44,46H,3-4,6,8,11,14,17-20,22-23,25-30,33-35H2,1-2H3,(H2,49,50,51)/b7-5-,10-9-,13-12-,16-15-,24-21-,32-31+/t36-,37+,38+,39+,41+/m0/s1. The Bertz CT molecular complexity index is 1280. The highest BCUT2D eigenvalue weighted by atomic mass is 31.2. The molecule has 0 aliphatic heterocycles. The van der Waals surface area contributed by atoms with Crippen molar-refractivity contribution in [1.82, 2.24) is 0 Å². The van der Waals surface area contributed by atoms with Gasteiger partial charge in [-0.15, -0.1) is 0 Å². The predicted molar refractivity (Wildman–Crippen MR) is 217 cm³/mol. The fraction of sp³-hybridized carbons (Fsp3) is 0.651. The first-order chi connectivity index (χ1) is 26.5. The number of carbonyl (C=O) groups is 3. The van der Waals surface area contributed by atoms with E-state index in [1.807, 2.05) is 12.2 Å². The number of aliphatic hydroxyl groups excluding tert-OH is 2. The summed E-state index contributed by atoms with van der Waals surface area (Å²) < 4.78 is 26.3. The van der Waals surface area contributed by atoms with E-state index in [0.29, 0.717) is 32.1 Å². The molecular weight excluding hydrogens is 723 g/mol. The number of phosphoric ester groups is 1. The van der Waals surface area contributed by atoms with Gasteiger partial charge in [-0.2, -0.15) is 0 Å². The molecule has 0 saturated heterocycles. The number of ketones is 1. The molecule has 1 fully saturated rings. The van der Waals surface area contributed by atoms with E-state index in [1.54, 1.807) is 12.2 Å². The Kier molecular flexibility index (Phi) is 29.3. The summed E-state index contributed by atoms with van der Waals surface area (Å²) in [7, 11) is -4.83. The van der Waals surface area contributed by atoms with Crippen LogP contribution >= 0.6 is 7.82 Å². The van der Waals surface area contributed by atoms with Gasteiger partial charge >= 0.3 is 19.8 Å². The normalized spacial score (nSPS) is 19.3. The van der Waals surface area contributed by atoms with Gasteiger partial charge in [0.2, 0.25) is 0 Å². The van der Waals surface area contributed by atoms with Crippen LogP contribution in [-0.2, 0) is 32.9 Å². The van der Waals surface area contributed by atoms with E-state index in [1.165, 1.54) is 0 Å². The number of unbranched alkanes of at least 4 members (excludes halogenated alkanes) is 7. The second-order valence-corrected chi connectivity index (χ2v) is 15.2. The molecule has 12 heteroatoms. The molecule has 1 aliphatic rings. The molecule has 55 heavy (non-hydrogen) atoms. The Balaban J connectivity index is 2.33. The van der Waals surface area contributed by atoms with E-state index in [9.17, 15) is 29.2 Å². The van der Waals surface area contributed by atoms with Crippen molar-refractivity contribution in [3.05, 3.63) is 72.9 Å². The van der Waals surface area contributed by atoms with Gasteiger partial charge in [-0.05, 0) is 70.6 Å². The lowest BCUT2D eigenvalue weighted by Gasteiger charge is -2.18. The average molecular weight is 793 g/mol. The van der Waals surface area contributed by atoms with Crippen LogP contribution in [0.3, 0.4) is 0 Å². The smallest absolute Gasteiger partial charge is 0.462 e.